The van der Waals surface area contributed by atoms with E-state index in [9.17, 15) is 4.79 Å². The van der Waals surface area contributed by atoms with Crippen LogP contribution in [0.3, 0.4) is 0 Å². The fourth-order valence-electron chi connectivity index (χ4n) is 2.12. The molecule has 4 heteroatoms. The first-order chi connectivity index (χ1) is 6.68. The SMILES string of the molecule is CC1CC(C)N(C(=O)c2cn[nH]c2)C1. The molecule has 1 aromatic heterocycles. The smallest absolute Gasteiger partial charge is 0.257 e. The lowest BCUT2D eigenvalue weighted by molar-refractivity contribution is 0.0744. The van der Waals surface area contributed by atoms with Crippen molar-refractivity contribution in [2.45, 2.75) is 26.3 Å². The Labute approximate surface area is 83.3 Å². The zero-order chi connectivity index (χ0) is 10.1. The Morgan fingerprint density at radius 2 is 2.43 bits per heavy atom. The molecule has 1 N–H and O–H groups in total. The maximum absolute atomic E-state index is 11.9. The number of hydrogen-bond acceptors (Lipinski definition) is 2. The average molecular weight is 193 g/mol. The maximum Gasteiger partial charge on any atom is 0.257 e. The Hall–Kier alpha value is -1.32. The molecule has 0 aliphatic carbocycles. The minimum Gasteiger partial charge on any atom is -0.336 e. The Kier molecular flexibility index (Phi) is 2.27. The van der Waals surface area contributed by atoms with Crippen LogP contribution in [-0.4, -0.2) is 33.6 Å². The minimum atomic E-state index is 0.0931. The summed E-state index contributed by atoms with van der Waals surface area (Å²) in [5, 5.41) is 6.45. The largest absolute Gasteiger partial charge is 0.336 e. The highest BCUT2D eigenvalue weighted by molar-refractivity contribution is 5.94. The van der Waals surface area contributed by atoms with Gasteiger partial charge in [0.25, 0.3) is 5.91 Å². The molecule has 1 amide bonds. The van der Waals surface area contributed by atoms with Gasteiger partial charge in [-0.3, -0.25) is 9.89 Å². The number of aromatic nitrogens is 2. The molecule has 1 aliphatic heterocycles. The monoisotopic (exact) mass is 193 g/mol. The molecule has 2 atom stereocenters. The van der Waals surface area contributed by atoms with Crippen molar-refractivity contribution >= 4 is 5.91 Å². The molecule has 0 radical (unpaired) electrons. The van der Waals surface area contributed by atoms with Gasteiger partial charge in [0.1, 0.15) is 0 Å². The molecule has 4 nitrogen and oxygen atoms in total. The summed E-state index contributed by atoms with van der Waals surface area (Å²) < 4.78 is 0. The quantitative estimate of drug-likeness (QED) is 0.730. The van der Waals surface area contributed by atoms with Crippen molar-refractivity contribution in [1.82, 2.24) is 15.1 Å². The number of hydrogen-bond donors (Lipinski definition) is 1. The summed E-state index contributed by atoms with van der Waals surface area (Å²) >= 11 is 0. The molecule has 0 aromatic carbocycles. The van der Waals surface area contributed by atoms with E-state index in [4.69, 9.17) is 0 Å². The molecule has 1 saturated heterocycles. The van der Waals surface area contributed by atoms with Gasteiger partial charge in [0.15, 0.2) is 0 Å². The highest BCUT2D eigenvalue weighted by Gasteiger charge is 2.30. The number of nitrogens with zero attached hydrogens (tertiary/aromatic N) is 2. The molecular formula is C10H15N3O. The number of H-pyrrole nitrogens is 1. The van der Waals surface area contributed by atoms with Gasteiger partial charge in [-0.2, -0.15) is 5.10 Å². The van der Waals surface area contributed by atoms with Gasteiger partial charge in [0, 0.05) is 18.8 Å². The first kappa shape index (κ1) is 9.24. The first-order valence-corrected chi connectivity index (χ1v) is 4.98. The van der Waals surface area contributed by atoms with Crippen LogP contribution in [0.5, 0.6) is 0 Å². The average Bonchev–Trinajstić information content (AvgIpc) is 2.73. The molecule has 2 heterocycles. The van der Waals surface area contributed by atoms with E-state index < -0.39 is 0 Å². The third-order valence-corrected chi connectivity index (χ3v) is 2.79. The van der Waals surface area contributed by atoms with Gasteiger partial charge in [0.2, 0.25) is 0 Å². The topological polar surface area (TPSA) is 49.0 Å². The summed E-state index contributed by atoms with van der Waals surface area (Å²) in [5.74, 6) is 0.705. The summed E-state index contributed by atoms with van der Waals surface area (Å²) in [5.41, 5.74) is 0.658. The molecule has 2 unspecified atom stereocenters. The van der Waals surface area contributed by atoms with Crippen LogP contribution in [0.25, 0.3) is 0 Å². The van der Waals surface area contributed by atoms with Crippen LogP contribution in [0, 0.1) is 5.92 Å². The van der Waals surface area contributed by atoms with E-state index in [1.54, 1.807) is 12.4 Å². The van der Waals surface area contributed by atoms with Gasteiger partial charge in [-0.25, -0.2) is 0 Å². The summed E-state index contributed by atoms with van der Waals surface area (Å²) in [6, 6.07) is 0.354. The summed E-state index contributed by atoms with van der Waals surface area (Å²) in [6.07, 6.45) is 4.33. The molecule has 0 saturated carbocycles. The Bertz CT molecular complexity index is 320. The highest BCUT2D eigenvalue weighted by Crippen LogP contribution is 2.23. The zero-order valence-electron chi connectivity index (χ0n) is 8.53. The number of nitrogens with one attached hydrogen (secondary N) is 1. The summed E-state index contributed by atoms with van der Waals surface area (Å²) in [4.78, 5) is 13.9. The lowest BCUT2D eigenvalue weighted by Gasteiger charge is -2.20. The fourth-order valence-corrected chi connectivity index (χ4v) is 2.12. The van der Waals surface area contributed by atoms with Crippen LogP contribution in [0.2, 0.25) is 0 Å². The van der Waals surface area contributed by atoms with Gasteiger partial charge in [-0.15, -0.1) is 0 Å². The van der Waals surface area contributed by atoms with Crippen LogP contribution in [0.1, 0.15) is 30.6 Å². The molecule has 1 fully saturated rings. The number of carbonyl (C=O) groups is 1. The van der Waals surface area contributed by atoms with Crippen molar-refractivity contribution in [2.75, 3.05) is 6.54 Å². The zero-order valence-corrected chi connectivity index (χ0v) is 8.53. The van der Waals surface area contributed by atoms with E-state index in [0.29, 0.717) is 17.5 Å². The van der Waals surface area contributed by atoms with Gasteiger partial charge in [-0.1, -0.05) is 6.92 Å². The minimum absolute atomic E-state index is 0.0931. The van der Waals surface area contributed by atoms with Crippen LogP contribution >= 0.6 is 0 Å². The predicted octanol–water partition coefficient (Wildman–Crippen LogP) is 1.28. The van der Waals surface area contributed by atoms with Crippen molar-refractivity contribution < 1.29 is 4.79 Å². The summed E-state index contributed by atoms with van der Waals surface area (Å²) in [7, 11) is 0. The number of likely N-dealkylation sites (tertiary alicyclic amines) is 1. The number of rotatable bonds is 1. The van der Waals surface area contributed by atoms with Crippen LogP contribution in [0.15, 0.2) is 12.4 Å². The van der Waals surface area contributed by atoms with E-state index in [1.165, 1.54) is 0 Å². The van der Waals surface area contributed by atoms with Crippen molar-refractivity contribution in [3.63, 3.8) is 0 Å². The lowest BCUT2D eigenvalue weighted by atomic mass is 10.1. The number of amides is 1. The van der Waals surface area contributed by atoms with E-state index in [1.807, 2.05) is 4.90 Å². The second kappa shape index (κ2) is 3.44. The maximum atomic E-state index is 11.9. The highest BCUT2D eigenvalue weighted by atomic mass is 16.2. The lowest BCUT2D eigenvalue weighted by Crippen LogP contribution is -2.33. The molecule has 1 aromatic rings. The van der Waals surface area contributed by atoms with E-state index in [0.717, 1.165) is 13.0 Å². The second-order valence-electron chi connectivity index (χ2n) is 4.13. The van der Waals surface area contributed by atoms with Gasteiger partial charge in [-0.05, 0) is 19.3 Å². The van der Waals surface area contributed by atoms with Crippen molar-refractivity contribution in [2.24, 2.45) is 5.92 Å². The standard InChI is InChI=1S/C10H15N3O/c1-7-3-8(2)13(6-7)10(14)9-4-11-12-5-9/h4-5,7-8H,3,6H2,1-2H3,(H,11,12). The fraction of sp³-hybridized carbons (Fsp3) is 0.600. The Balaban J connectivity index is 2.13. The van der Waals surface area contributed by atoms with Gasteiger partial charge < -0.3 is 4.90 Å². The Morgan fingerprint density at radius 1 is 1.64 bits per heavy atom. The van der Waals surface area contributed by atoms with Crippen molar-refractivity contribution in [3.8, 4) is 0 Å². The van der Waals surface area contributed by atoms with E-state index in [-0.39, 0.29) is 5.91 Å². The predicted molar refractivity (Wildman–Crippen MR) is 52.9 cm³/mol. The Morgan fingerprint density at radius 3 is 2.93 bits per heavy atom. The molecule has 0 bridgehead atoms. The van der Waals surface area contributed by atoms with Crippen LogP contribution in [-0.2, 0) is 0 Å². The van der Waals surface area contributed by atoms with Crippen LogP contribution in [0.4, 0.5) is 0 Å². The molecule has 0 spiro atoms. The second-order valence-corrected chi connectivity index (χ2v) is 4.13. The molecule has 2 rings (SSSR count). The molecule has 14 heavy (non-hydrogen) atoms. The molecular weight excluding hydrogens is 178 g/mol. The van der Waals surface area contributed by atoms with Gasteiger partial charge in [0.05, 0.1) is 11.8 Å². The number of carbonyl (C=O) groups excluding carboxylic acids is 1. The van der Waals surface area contributed by atoms with Crippen molar-refractivity contribution in [3.05, 3.63) is 18.0 Å². The van der Waals surface area contributed by atoms with E-state index in [2.05, 4.69) is 24.0 Å². The van der Waals surface area contributed by atoms with Crippen LogP contribution < -0.4 is 0 Å². The third-order valence-electron chi connectivity index (χ3n) is 2.79. The number of aromatic amines is 1. The molecule has 76 valence electrons. The first-order valence-electron chi connectivity index (χ1n) is 4.98. The third kappa shape index (κ3) is 1.52. The summed E-state index contributed by atoms with van der Waals surface area (Å²) in [6.45, 7) is 5.14. The van der Waals surface area contributed by atoms with E-state index >= 15 is 0 Å². The van der Waals surface area contributed by atoms with Crippen molar-refractivity contribution in [1.29, 1.82) is 0 Å². The normalized spacial score (nSPS) is 26.9. The van der Waals surface area contributed by atoms with Gasteiger partial charge >= 0.3 is 0 Å². The molecule has 1 aliphatic rings.